The minimum Gasteiger partial charge on any atom is -0.298 e. The summed E-state index contributed by atoms with van der Waals surface area (Å²) in [6.45, 7) is 8.90. The second-order valence-electron chi connectivity index (χ2n) is 5.26. The first-order valence-corrected chi connectivity index (χ1v) is 6.90. The third-order valence-corrected chi connectivity index (χ3v) is 3.87. The molecular formula is C14H20FN3O2. The fourth-order valence-corrected chi connectivity index (χ4v) is 2.74. The van der Waals surface area contributed by atoms with Gasteiger partial charge in [-0.2, -0.15) is 4.39 Å². The van der Waals surface area contributed by atoms with Crippen molar-refractivity contribution < 1.29 is 9.31 Å². The summed E-state index contributed by atoms with van der Waals surface area (Å²) in [5.74, 6) is -0.757. The molecule has 1 atom stereocenters. The van der Waals surface area contributed by atoms with Gasteiger partial charge in [-0.15, -0.1) is 0 Å². The lowest BCUT2D eigenvalue weighted by Crippen LogP contribution is -2.51. The van der Waals surface area contributed by atoms with E-state index in [0.29, 0.717) is 12.6 Å². The van der Waals surface area contributed by atoms with Crippen molar-refractivity contribution in [1.29, 1.82) is 0 Å². The number of likely N-dealkylation sites (N-methyl/N-ethyl adjacent to an activating group) is 1. The summed E-state index contributed by atoms with van der Waals surface area (Å²) in [5.41, 5.74) is 0.322. The monoisotopic (exact) mass is 281 g/mol. The number of nitro benzene ring substituents is 1. The predicted octanol–water partition coefficient (Wildman–Crippen LogP) is 2.26. The van der Waals surface area contributed by atoms with Crippen LogP contribution in [0.3, 0.4) is 0 Å². The second-order valence-corrected chi connectivity index (χ2v) is 5.26. The van der Waals surface area contributed by atoms with Gasteiger partial charge in [-0.25, -0.2) is 0 Å². The van der Waals surface area contributed by atoms with Crippen LogP contribution in [0.1, 0.15) is 19.4 Å². The maximum atomic E-state index is 13.6. The molecular weight excluding hydrogens is 261 g/mol. The maximum absolute atomic E-state index is 13.6. The molecule has 0 amide bonds. The standard InChI is InChI=1S/C14H20FN3O2/c1-3-17-7-6-16(9-11(17)2)10-12-4-5-14(18(19)20)13(15)8-12/h4-5,8,11H,3,6-7,9-10H2,1-2H3. The lowest BCUT2D eigenvalue weighted by molar-refractivity contribution is -0.387. The Morgan fingerprint density at radius 3 is 2.75 bits per heavy atom. The first kappa shape index (κ1) is 14.9. The molecule has 0 radical (unpaired) electrons. The van der Waals surface area contributed by atoms with E-state index < -0.39 is 16.4 Å². The van der Waals surface area contributed by atoms with Gasteiger partial charge in [-0.05, 0) is 25.1 Å². The van der Waals surface area contributed by atoms with E-state index in [1.165, 1.54) is 12.1 Å². The van der Waals surface area contributed by atoms with E-state index in [0.717, 1.165) is 31.7 Å². The normalized spacial score (nSPS) is 21.1. The molecule has 1 fully saturated rings. The van der Waals surface area contributed by atoms with E-state index in [4.69, 9.17) is 0 Å². The summed E-state index contributed by atoms with van der Waals surface area (Å²) in [4.78, 5) is 14.6. The highest BCUT2D eigenvalue weighted by Gasteiger charge is 2.23. The summed E-state index contributed by atoms with van der Waals surface area (Å²) >= 11 is 0. The molecule has 2 rings (SSSR count). The number of hydrogen-bond acceptors (Lipinski definition) is 4. The molecule has 20 heavy (non-hydrogen) atoms. The number of benzene rings is 1. The third-order valence-electron chi connectivity index (χ3n) is 3.87. The lowest BCUT2D eigenvalue weighted by atomic mass is 10.1. The first-order valence-electron chi connectivity index (χ1n) is 6.90. The zero-order valence-corrected chi connectivity index (χ0v) is 11.9. The van der Waals surface area contributed by atoms with Gasteiger partial charge in [0.25, 0.3) is 0 Å². The highest BCUT2D eigenvalue weighted by Crippen LogP contribution is 2.20. The first-order chi connectivity index (χ1) is 9.51. The molecule has 0 bridgehead atoms. The highest BCUT2D eigenvalue weighted by molar-refractivity contribution is 5.35. The van der Waals surface area contributed by atoms with Crippen LogP contribution in [0, 0.1) is 15.9 Å². The van der Waals surface area contributed by atoms with E-state index in [1.807, 2.05) is 0 Å². The molecule has 6 heteroatoms. The molecule has 110 valence electrons. The van der Waals surface area contributed by atoms with Gasteiger partial charge in [0.2, 0.25) is 5.82 Å². The molecule has 1 saturated heterocycles. The number of piperazine rings is 1. The lowest BCUT2D eigenvalue weighted by Gasteiger charge is -2.39. The van der Waals surface area contributed by atoms with Gasteiger partial charge >= 0.3 is 5.69 Å². The highest BCUT2D eigenvalue weighted by atomic mass is 19.1. The van der Waals surface area contributed by atoms with Crippen LogP contribution in [0.4, 0.5) is 10.1 Å². The van der Waals surface area contributed by atoms with Gasteiger partial charge in [-0.3, -0.25) is 19.9 Å². The predicted molar refractivity (Wildman–Crippen MR) is 75.0 cm³/mol. The van der Waals surface area contributed by atoms with Crippen molar-refractivity contribution in [1.82, 2.24) is 9.80 Å². The Morgan fingerprint density at radius 1 is 1.45 bits per heavy atom. The molecule has 1 unspecified atom stereocenters. The molecule has 0 aromatic heterocycles. The average Bonchev–Trinajstić information content (AvgIpc) is 2.38. The van der Waals surface area contributed by atoms with Crippen LogP contribution in [0.2, 0.25) is 0 Å². The van der Waals surface area contributed by atoms with Crippen LogP contribution in [0.15, 0.2) is 18.2 Å². The largest absolute Gasteiger partial charge is 0.304 e. The summed E-state index contributed by atoms with van der Waals surface area (Å²) in [6, 6.07) is 4.64. The molecule has 1 aliphatic heterocycles. The van der Waals surface area contributed by atoms with E-state index >= 15 is 0 Å². The van der Waals surface area contributed by atoms with Crippen LogP contribution in [-0.4, -0.2) is 46.9 Å². The average molecular weight is 281 g/mol. The fourth-order valence-electron chi connectivity index (χ4n) is 2.74. The van der Waals surface area contributed by atoms with Crippen LogP contribution in [-0.2, 0) is 6.54 Å². The van der Waals surface area contributed by atoms with Crippen molar-refractivity contribution >= 4 is 5.69 Å². The Morgan fingerprint density at radius 2 is 2.20 bits per heavy atom. The van der Waals surface area contributed by atoms with Gasteiger partial charge in [0.15, 0.2) is 0 Å². The topological polar surface area (TPSA) is 49.6 Å². The van der Waals surface area contributed by atoms with Crippen molar-refractivity contribution in [3.05, 3.63) is 39.7 Å². The van der Waals surface area contributed by atoms with Crippen LogP contribution >= 0.6 is 0 Å². The number of nitro groups is 1. The number of hydrogen-bond donors (Lipinski definition) is 0. The minimum atomic E-state index is -0.757. The van der Waals surface area contributed by atoms with Crippen LogP contribution < -0.4 is 0 Å². The van der Waals surface area contributed by atoms with Gasteiger partial charge in [0.05, 0.1) is 4.92 Å². The van der Waals surface area contributed by atoms with Gasteiger partial charge in [0.1, 0.15) is 0 Å². The van der Waals surface area contributed by atoms with Crippen molar-refractivity contribution in [2.45, 2.75) is 26.4 Å². The Bertz CT molecular complexity index is 495. The Balaban J connectivity index is 2.01. The van der Waals surface area contributed by atoms with Crippen molar-refractivity contribution in [3.8, 4) is 0 Å². The second kappa shape index (κ2) is 6.28. The van der Waals surface area contributed by atoms with Crippen molar-refractivity contribution in [2.24, 2.45) is 0 Å². The molecule has 1 heterocycles. The molecule has 1 aromatic rings. The molecule has 0 N–H and O–H groups in total. The molecule has 1 aromatic carbocycles. The van der Waals surface area contributed by atoms with Crippen molar-refractivity contribution in [2.75, 3.05) is 26.2 Å². The molecule has 0 aliphatic carbocycles. The van der Waals surface area contributed by atoms with Crippen LogP contribution in [0.25, 0.3) is 0 Å². The summed E-state index contributed by atoms with van der Waals surface area (Å²) < 4.78 is 13.6. The van der Waals surface area contributed by atoms with Gasteiger partial charge in [0, 0.05) is 38.3 Å². The fraction of sp³-hybridized carbons (Fsp3) is 0.571. The van der Waals surface area contributed by atoms with Gasteiger partial charge < -0.3 is 0 Å². The zero-order valence-electron chi connectivity index (χ0n) is 11.9. The maximum Gasteiger partial charge on any atom is 0.304 e. The van der Waals surface area contributed by atoms with E-state index in [1.54, 1.807) is 6.07 Å². The third kappa shape index (κ3) is 3.32. The van der Waals surface area contributed by atoms with Crippen LogP contribution in [0.5, 0.6) is 0 Å². The Kier molecular flexibility index (Phi) is 4.67. The van der Waals surface area contributed by atoms with E-state index in [-0.39, 0.29) is 0 Å². The quantitative estimate of drug-likeness (QED) is 0.627. The summed E-state index contributed by atoms with van der Waals surface area (Å²) in [7, 11) is 0. The summed E-state index contributed by atoms with van der Waals surface area (Å²) in [5, 5.41) is 10.6. The smallest absolute Gasteiger partial charge is 0.298 e. The minimum absolute atomic E-state index is 0.460. The molecule has 1 aliphatic rings. The SMILES string of the molecule is CCN1CCN(Cc2ccc([N+](=O)[O-])c(F)c2)CC1C. The number of halogens is 1. The Labute approximate surface area is 118 Å². The molecule has 5 nitrogen and oxygen atoms in total. The van der Waals surface area contributed by atoms with Gasteiger partial charge in [-0.1, -0.05) is 13.0 Å². The Hall–Kier alpha value is -1.53. The van der Waals surface area contributed by atoms with Crippen molar-refractivity contribution in [3.63, 3.8) is 0 Å². The molecule has 0 spiro atoms. The molecule has 0 saturated carbocycles. The number of nitrogens with zero attached hydrogens (tertiary/aromatic N) is 3. The van der Waals surface area contributed by atoms with E-state index in [9.17, 15) is 14.5 Å². The summed E-state index contributed by atoms with van der Waals surface area (Å²) in [6.07, 6.45) is 0. The van der Waals surface area contributed by atoms with E-state index in [2.05, 4.69) is 23.6 Å². The zero-order chi connectivity index (χ0) is 14.7. The number of rotatable bonds is 4.